The smallest absolute Gasteiger partial charge is 0.290 e. The van der Waals surface area contributed by atoms with Crippen LogP contribution in [0.3, 0.4) is 0 Å². The van der Waals surface area contributed by atoms with Gasteiger partial charge in [-0.3, -0.25) is 0 Å². The van der Waals surface area contributed by atoms with Gasteiger partial charge in [-0.05, 0) is 30.2 Å². The lowest BCUT2D eigenvalue weighted by atomic mass is 10.2. The van der Waals surface area contributed by atoms with Gasteiger partial charge >= 0.3 is 0 Å². The standard InChI is InChI=1S/C13H13NO2S/c1-2-9-3-5-10(6-4-9)15-12-8-7-11(16-12)13(14)17/h3-8H,2H2,1H3,(H2,14,17). The number of hydrogen-bond donors (Lipinski definition) is 1. The van der Waals surface area contributed by atoms with Crippen molar-refractivity contribution in [1.29, 1.82) is 0 Å². The fourth-order valence-corrected chi connectivity index (χ4v) is 1.53. The summed E-state index contributed by atoms with van der Waals surface area (Å²) in [6, 6.07) is 11.2. The molecule has 0 saturated heterocycles. The number of benzene rings is 1. The maximum Gasteiger partial charge on any atom is 0.290 e. The van der Waals surface area contributed by atoms with Gasteiger partial charge in [-0.2, -0.15) is 0 Å². The van der Waals surface area contributed by atoms with Crippen LogP contribution in [0.2, 0.25) is 0 Å². The third kappa shape index (κ3) is 2.85. The monoisotopic (exact) mass is 247 g/mol. The molecule has 0 atom stereocenters. The molecule has 4 heteroatoms. The first kappa shape index (κ1) is 11.7. The van der Waals surface area contributed by atoms with Crippen LogP contribution in [0.4, 0.5) is 0 Å². The van der Waals surface area contributed by atoms with Crippen LogP contribution in [0.1, 0.15) is 18.2 Å². The van der Waals surface area contributed by atoms with E-state index in [4.69, 9.17) is 27.1 Å². The minimum Gasteiger partial charge on any atom is -0.426 e. The molecule has 0 radical (unpaired) electrons. The maximum atomic E-state index is 5.53. The third-order valence-electron chi connectivity index (χ3n) is 2.37. The number of ether oxygens (including phenoxy) is 1. The summed E-state index contributed by atoms with van der Waals surface area (Å²) in [7, 11) is 0. The number of furan rings is 1. The number of hydrogen-bond acceptors (Lipinski definition) is 3. The van der Waals surface area contributed by atoms with Gasteiger partial charge in [0.05, 0.1) is 0 Å². The Kier molecular flexibility index (Phi) is 3.44. The molecule has 0 amide bonds. The van der Waals surface area contributed by atoms with E-state index in [9.17, 15) is 0 Å². The normalized spacial score (nSPS) is 10.2. The zero-order valence-corrected chi connectivity index (χ0v) is 10.3. The van der Waals surface area contributed by atoms with Crippen LogP contribution in [0.15, 0.2) is 40.8 Å². The number of aryl methyl sites for hydroxylation is 1. The molecular formula is C13H13NO2S. The summed E-state index contributed by atoms with van der Waals surface area (Å²) in [4.78, 5) is 0.223. The van der Waals surface area contributed by atoms with E-state index < -0.39 is 0 Å². The second kappa shape index (κ2) is 5.01. The summed E-state index contributed by atoms with van der Waals surface area (Å²) < 4.78 is 10.8. The van der Waals surface area contributed by atoms with Crippen LogP contribution < -0.4 is 10.5 Å². The Balaban J connectivity index is 2.11. The summed E-state index contributed by atoms with van der Waals surface area (Å²) in [5.41, 5.74) is 6.70. The Morgan fingerprint density at radius 3 is 2.47 bits per heavy atom. The van der Waals surface area contributed by atoms with E-state index in [0.29, 0.717) is 11.7 Å². The molecular weight excluding hydrogens is 234 g/mol. The van der Waals surface area contributed by atoms with Gasteiger partial charge in [-0.25, -0.2) is 0 Å². The number of thiocarbonyl (C=S) groups is 1. The molecule has 0 aliphatic rings. The zero-order valence-electron chi connectivity index (χ0n) is 9.47. The van der Waals surface area contributed by atoms with Crippen molar-refractivity contribution in [2.45, 2.75) is 13.3 Å². The molecule has 0 bridgehead atoms. The van der Waals surface area contributed by atoms with E-state index in [1.54, 1.807) is 12.1 Å². The summed E-state index contributed by atoms with van der Waals surface area (Å²) in [5.74, 6) is 1.57. The van der Waals surface area contributed by atoms with Crippen LogP contribution in [0.25, 0.3) is 0 Å². The van der Waals surface area contributed by atoms with Crippen molar-refractivity contribution >= 4 is 17.2 Å². The lowest BCUT2D eigenvalue weighted by Gasteiger charge is -2.02. The molecule has 2 aromatic rings. The lowest BCUT2D eigenvalue weighted by molar-refractivity contribution is 0.344. The maximum absolute atomic E-state index is 5.53. The molecule has 1 aromatic carbocycles. The predicted octanol–water partition coefficient (Wildman–Crippen LogP) is 3.27. The lowest BCUT2D eigenvalue weighted by Crippen LogP contribution is -2.07. The van der Waals surface area contributed by atoms with E-state index in [1.165, 1.54) is 5.56 Å². The Morgan fingerprint density at radius 1 is 1.24 bits per heavy atom. The zero-order chi connectivity index (χ0) is 12.3. The fraction of sp³-hybridized carbons (Fsp3) is 0.154. The van der Waals surface area contributed by atoms with Crippen molar-refractivity contribution in [3.05, 3.63) is 47.7 Å². The van der Waals surface area contributed by atoms with E-state index in [-0.39, 0.29) is 4.99 Å². The van der Waals surface area contributed by atoms with E-state index in [1.807, 2.05) is 24.3 Å². The second-order valence-corrected chi connectivity index (χ2v) is 4.02. The summed E-state index contributed by atoms with van der Waals surface area (Å²) in [6.45, 7) is 2.11. The Hall–Kier alpha value is -1.81. The Morgan fingerprint density at radius 2 is 1.94 bits per heavy atom. The molecule has 0 aliphatic heterocycles. The van der Waals surface area contributed by atoms with Crippen molar-refractivity contribution in [2.24, 2.45) is 5.73 Å². The van der Waals surface area contributed by atoms with Crippen molar-refractivity contribution in [1.82, 2.24) is 0 Å². The molecule has 0 spiro atoms. The van der Waals surface area contributed by atoms with Crippen LogP contribution in [0, 0.1) is 0 Å². The van der Waals surface area contributed by atoms with Gasteiger partial charge < -0.3 is 14.9 Å². The van der Waals surface area contributed by atoms with Gasteiger partial charge in [0.1, 0.15) is 10.7 Å². The quantitative estimate of drug-likeness (QED) is 0.842. The van der Waals surface area contributed by atoms with Crippen molar-refractivity contribution in [3.8, 4) is 11.7 Å². The molecule has 1 heterocycles. The average molecular weight is 247 g/mol. The predicted molar refractivity (Wildman–Crippen MR) is 70.5 cm³/mol. The van der Waals surface area contributed by atoms with Crippen molar-refractivity contribution in [3.63, 3.8) is 0 Å². The van der Waals surface area contributed by atoms with Crippen LogP contribution in [0.5, 0.6) is 11.7 Å². The first-order chi connectivity index (χ1) is 8.19. The van der Waals surface area contributed by atoms with Crippen LogP contribution in [-0.4, -0.2) is 4.99 Å². The minimum atomic E-state index is 0.223. The minimum absolute atomic E-state index is 0.223. The second-order valence-electron chi connectivity index (χ2n) is 3.58. The van der Waals surface area contributed by atoms with Crippen LogP contribution >= 0.6 is 12.2 Å². The summed E-state index contributed by atoms with van der Waals surface area (Å²) >= 11 is 4.80. The van der Waals surface area contributed by atoms with Gasteiger partial charge in [-0.1, -0.05) is 31.3 Å². The van der Waals surface area contributed by atoms with E-state index >= 15 is 0 Å². The summed E-state index contributed by atoms with van der Waals surface area (Å²) in [6.07, 6.45) is 1.01. The highest BCUT2D eigenvalue weighted by Gasteiger charge is 2.05. The average Bonchev–Trinajstić information content (AvgIpc) is 2.79. The van der Waals surface area contributed by atoms with Gasteiger partial charge in [0.25, 0.3) is 5.95 Å². The number of rotatable bonds is 4. The van der Waals surface area contributed by atoms with Crippen molar-refractivity contribution < 1.29 is 9.15 Å². The molecule has 17 heavy (non-hydrogen) atoms. The Labute approximate surface area is 105 Å². The topological polar surface area (TPSA) is 48.4 Å². The van der Waals surface area contributed by atoms with Gasteiger partial charge in [0.15, 0.2) is 5.76 Å². The molecule has 2 N–H and O–H groups in total. The van der Waals surface area contributed by atoms with Crippen molar-refractivity contribution in [2.75, 3.05) is 0 Å². The summed E-state index contributed by atoms with van der Waals surface area (Å²) in [5, 5.41) is 0. The highest BCUT2D eigenvalue weighted by atomic mass is 32.1. The largest absolute Gasteiger partial charge is 0.426 e. The van der Waals surface area contributed by atoms with Crippen LogP contribution in [-0.2, 0) is 6.42 Å². The molecule has 0 unspecified atom stereocenters. The first-order valence-corrected chi connectivity index (χ1v) is 5.76. The van der Waals surface area contributed by atoms with Gasteiger partial charge in [-0.15, -0.1) is 0 Å². The molecule has 2 rings (SSSR count). The van der Waals surface area contributed by atoms with E-state index in [2.05, 4.69) is 6.92 Å². The van der Waals surface area contributed by atoms with E-state index in [0.717, 1.165) is 12.2 Å². The molecule has 1 aromatic heterocycles. The Bertz CT molecular complexity index is 516. The van der Waals surface area contributed by atoms with Gasteiger partial charge in [0, 0.05) is 6.07 Å². The van der Waals surface area contributed by atoms with Gasteiger partial charge in [0.2, 0.25) is 0 Å². The molecule has 3 nitrogen and oxygen atoms in total. The SMILES string of the molecule is CCc1ccc(Oc2ccc(C(N)=S)o2)cc1. The highest BCUT2D eigenvalue weighted by Crippen LogP contribution is 2.24. The molecule has 0 fully saturated rings. The molecule has 0 aliphatic carbocycles. The molecule has 0 saturated carbocycles. The fourth-order valence-electron chi connectivity index (χ4n) is 1.42. The highest BCUT2D eigenvalue weighted by molar-refractivity contribution is 7.80. The first-order valence-electron chi connectivity index (χ1n) is 5.35. The number of nitrogens with two attached hydrogens (primary N) is 1. The molecule has 88 valence electrons. The third-order valence-corrected chi connectivity index (χ3v) is 2.58.